The fraction of sp³-hybridized carbons (Fsp3) is 1.00. The molecule has 0 aromatic heterocycles. The molecule has 0 heterocycles. The predicted octanol–water partition coefficient (Wildman–Crippen LogP) is 4.92. The minimum absolute atomic E-state index is 0. The van der Waals surface area contributed by atoms with Crippen molar-refractivity contribution in [3.8, 4) is 0 Å². The van der Waals surface area contributed by atoms with Crippen molar-refractivity contribution >= 4 is 23.2 Å². The molecule has 0 amide bonds. The van der Waals surface area contributed by atoms with Gasteiger partial charge in [0.25, 0.3) is 0 Å². The van der Waals surface area contributed by atoms with Gasteiger partial charge < -0.3 is 7.96 Å². The van der Waals surface area contributed by atoms with E-state index in [0.717, 1.165) is 0 Å². The fourth-order valence-electron chi connectivity index (χ4n) is 2.64. The maximum absolute atomic E-state index is 2.44. The minimum atomic E-state index is -0.00965. The van der Waals surface area contributed by atoms with Crippen molar-refractivity contribution in [1.29, 1.82) is 0 Å². The van der Waals surface area contributed by atoms with Crippen LogP contribution in [0.3, 0.4) is 0 Å². The van der Waals surface area contributed by atoms with Crippen LogP contribution >= 0.6 is 23.2 Å². The fourth-order valence-corrected chi connectivity index (χ4v) is 22.9. The van der Waals surface area contributed by atoms with Crippen molar-refractivity contribution in [1.82, 2.24) is 0 Å². The molecule has 0 unspecified atom stereocenters. The van der Waals surface area contributed by atoms with Gasteiger partial charge in [-0.15, -0.1) is 0 Å². The molecular weight excluding hydrogens is 292 g/mol. The molecule has 0 nitrogen and oxygen atoms in total. The Bertz CT molecular complexity index is 229. The Balaban J connectivity index is 0. The molecule has 0 aromatic carbocycles. The van der Waals surface area contributed by atoms with Gasteiger partial charge in [0.15, 0.2) is 0 Å². The van der Waals surface area contributed by atoms with E-state index in [1.165, 1.54) is 0 Å². The standard InChI is InChI=1S/C16H36P3.Li/c1-13(2,3)18(14(4,5)6)17-19(15(7,8)9)16(10,11)12;/h1-12H3;/q-1;+1. The van der Waals surface area contributed by atoms with Gasteiger partial charge in [0.05, 0.1) is 0 Å². The van der Waals surface area contributed by atoms with E-state index in [1.807, 2.05) is 0 Å². The zero-order valence-electron chi connectivity index (χ0n) is 16.3. The molecule has 0 aromatic rings. The van der Waals surface area contributed by atoms with E-state index in [9.17, 15) is 0 Å². The van der Waals surface area contributed by atoms with Crippen LogP contribution in [0.1, 0.15) is 83.1 Å². The van der Waals surface area contributed by atoms with E-state index in [-0.39, 0.29) is 34.1 Å². The van der Waals surface area contributed by atoms with E-state index < -0.39 is 0 Å². The summed E-state index contributed by atoms with van der Waals surface area (Å²) in [6, 6.07) is 0. The van der Waals surface area contributed by atoms with Gasteiger partial charge in [-0.25, -0.2) is 0 Å². The third-order valence-corrected chi connectivity index (χ3v) is 19.7. The Hall–Kier alpha value is 1.89. The summed E-state index contributed by atoms with van der Waals surface area (Å²) in [6.45, 7) is 29.3. The maximum atomic E-state index is 2.44. The first-order chi connectivity index (χ1) is 7.97. The van der Waals surface area contributed by atoms with E-state index >= 15 is 0 Å². The Labute approximate surface area is 145 Å². The van der Waals surface area contributed by atoms with Crippen LogP contribution in [-0.2, 0) is 0 Å². The summed E-state index contributed by atoms with van der Waals surface area (Å²) in [6.07, 6.45) is 0. The van der Waals surface area contributed by atoms with E-state index in [4.69, 9.17) is 0 Å². The Morgan fingerprint density at radius 2 is 0.600 bits per heavy atom. The SMILES string of the molecule is CC(C)(C)P([P-]P(C(C)(C)C)C(C)(C)C)C(C)(C)C.[Li+]. The van der Waals surface area contributed by atoms with Crippen LogP contribution in [-0.4, -0.2) is 20.6 Å². The second-order valence-electron chi connectivity index (χ2n) is 9.40. The minimum Gasteiger partial charge on any atom is -0.473 e. The Kier molecular flexibility index (Phi) is 9.22. The average Bonchev–Trinajstić information content (AvgIpc) is 1.91. The molecule has 0 atom stereocenters. The number of hydrogen-bond acceptors (Lipinski definition) is 0. The van der Waals surface area contributed by atoms with Crippen LogP contribution in [0.25, 0.3) is 0 Å². The van der Waals surface area contributed by atoms with Crippen LogP contribution < -0.4 is 18.9 Å². The summed E-state index contributed by atoms with van der Waals surface area (Å²) in [5.41, 5.74) is 0. The Morgan fingerprint density at radius 3 is 0.700 bits per heavy atom. The van der Waals surface area contributed by atoms with Gasteiger partial charge in [-0.2, -0.15) is 0 Å². The van der Waals surface area contributed by atoms with Gasteiger partial charge in [0.1, 0.15) is 0 Å². The topological polar surface area (TPSA) is 0 Å². The summed E-state index contributed by atoms with van der Waals surface area (Å²) in [5, 5.41) is 1.75. The summed E-state index contributed by atoms with van der Waals surface area (Å²) < 4.78 is 0. The third kappa shape index (κ3) is 7.94. The van der Waals surface area contributed by atoms with Gasteiger partial charge in [0, 0.05) is 0 Å². The van der Waals surface area contributed by atoms with Gasteiger partial charge in [-0.05, 0) is 20.6 Å². The van der Waals surface area contributed by atoms with Crippen LogP contribution in [0.5, 0.6) is 0 Å². The average molecular weight is 328 g/mol. The molecule has 0 aliphatic rings. The smallest absolute Gasteiger partial charge is 0.473 e. The second kappa shape index (κ2) is 7.64. The van der Waals surface area contributed by atoms with Crippen LogP contribution in [0.15, 0.2) is 0 Å². The van der Waals surface area contributed by atoms with Crippen molar-refractivity contribution in [3.05, 3.63) is 0 Å². The monoisotopic (exact) mass is 328 g/mol. The van der Waals surface area contributed by atoms with Gasteiger partial charge in [0.2, 0.25) is 0 Å². The molecule has 0 radical (unpaired) electrons. The molecule has 0 spiro atoms. The third-order valence-electron chi connectivity index (χ3n) is 2.72. The number of rotatable bonds is 2. The zero-order valence-corrected chi connectivity index (χ0v) is 19.0. The molecule has 4 heteroatoms. The van der Waals surface area contributed by atoms with Crippen LogP contribution in [0, 0.1) is 0 Å². The Morgan fingerprint density at radius 1 is 0.450 bits per heavy atom. The quantitative estimate of drug-likeness (QED) is 0.498. The first kappa shape index (κ1) is 24.1. The van der Waals surface area contributed by atoms with E-state index in [2.05, 4.69) is 83.1 Å². The molecule has 0 rings (SSSR count). The molecular formula is C16H36LiP3. The van der Waals surface area contributed by atoms with Gasteiger partial charge in [-0.3, -0.25) is 15.2 Å². The van der Waals surface area contributed by atoms with Crippen molar-refractivity contribution in [2.75, 3.05) is 0 Å². The summed E-state index contributed by atoms with van der Waals surface area (Å²) in [7, 11) is 1.73. The van der Waals surface area contributed by atoms with Crippen molar-refractivity contribution < 1.29 is 18.9 Å². The molecule has 0 aliphatic heterocycles. The van der Waals surface area contributed by atoms with Crippen molar-refractivity contribution in [3.63, 3.8) is 0 Å². The van der Waals surface area contributed by atoms with E-state index in [0.29, 0.717) is 20.6 Å². The first-order valence-electron chi connectivity index (χ1n) is 7.29. The number of hydrogen-bond donors (Lipinski definition) is 0. The normalized spacial score (nSPS) is 14.7. The molecule has 0 aliphatic carbocycles. The van der Waals surface area contributed by atoms with Gasteiger partial charge >= 0.3 is 18.9 Å². The van der Waals surface area contributed by atoms with Crippen LogP contribution in [0.2, 0.25) is 0 Å². The molecule has 0 saturated heterocycles. The molecule has 0 saturated carbocycles. The molecule has 0 bridgehead atoms. The van der Waals surface area contributed by atoms with Crippen molar-refractivity contribution in [2.45, 2.75) is 104 Å². The van der Waals surface area contributed by atoms with Crippen LogP contribution in [0.4, 0.5) is 0 Å². The molecule has 20 heavy (non-hydrogen) atoms. The molecule has 116 valence electrons. The van der Waals surface area contributed by atoms with Crippen molar-refractivity contribution in [2.24, 2.45) is 0 Å². The largest absolute Gasteiger partial charge is 1.00 e. The zero-order chi connectivity index (χ0) is 15.9. The summed E-state index contributed by atoms with van der Waals surface area (Å²) >= 11 is 0. The van der Waals surface area contributed by atoms with Gasteiger partial charge in [-0.1, -0.05) is 83.1 Å². The molecule has 0 N–H and O–H groups in total. The predicted molar refractivity (Wildman–Crippen MR) is 99.8 cm³/mol. The van der Waals surface area contributed by atoms with E-state index in [1.54, 1.807) is 7.96 Å². The molecule has 0 fully saturated rings. The summed E-state index contributed by atoms with van der Waals surface area (Å²) in [4.78, 5) is 0. The second-order valence-corrected chi connectivity index (χ2v) is 20.7. The maximum Gasteiger partial charge on any atom is 1.00 e. The first-order valence-corrected chi connectivity index (χ1v) is 12.3. The summed E-state index contributed by atoms with van der Waals surface area (Å²) in [5.74, 6) is 0.